The first kappa shape index (κ1) is 24.5. The number of ether oxygens (including phenoxy) is 2. The molecule has 0 spiro atoms. The molecule has 2 fully saturated rings. The third-order valence-electron chi connectivity index (χ3n) is 4.92. The van der Waals surface area contributed by atoms with Gasteiger partial charge >= 0.3 is 6.09 Å². The number of rotatable bonds is 8. The van der Waals surface area contributed by atoms with Gasteiger partial charge in [-0.15, -0.1) is 5.06 Å². The molecule has 0 aromatic rings. The summed E-state index contributed by atoms with van der Waals surface area (Å²) >= 11 is 0. The van der Waals surface area contributed by atoms with Gasteiger partial charge < -0.3 is 29.8 Å². The normalized spacial score (nSPS) is 24.0. The van der Waals surface area contributed by atoms with E-state index in [1.807, 2.05) is 39.8 Å². The predicted molar refractivity (Wildman–Crippen MR) is 110 cm³/mol. The van der Waals surface area contributed by atoms with Crippen molar-refractivity contribution in [3.63, 3.8) is 0 Å². The van der Waals surface area contributed by atoms with E-state index in [0.717, 1.165) is 6.54 Å². The van der Waals surface area contributed by atoms with Crippen LogP contribution in [0.1, 0.15) is 33.6 Å². The molecule has 0 aromatic heterocycles. The minimum absolute atomic E-state index is 0.0144. The first-order valence-corrected chi connectivity index (χ1v) is 10.5. The maximum atomic E-state index is 13.0. The van der Waals surface area contributed by atoms with E-state index in [1.54, 1.807) is 0 Å². The van der Waals surface area contributed by atoms with Crippen LogP contribution in [0.3, 0.4) is 0 Å². The summed E-state index contributed by atoms with van der Waals surface area (Å²) in [6.45, 7) is 8.58. The molecule has 3 atom stereocenters. The van der Waals surface area contributed by atoms with Crippen LogP contribution in [-0.2, 0) is 23.9 Å². The minimum Gasteiger partial charge on any atom is -0.379 e. The van der Waals surface area contributed by atoms with Gasteiger partial charge in [0, 0.05) is 6.54 Å². The Morgan fingerprint density at radius 1 is 1.27 bits per heavy atom. The quantitative estimate of drug-likeness (QED) is 0.563. The Bertz CT molecular complexity index is 601. The molecular formula is C20H36N4O6. The van der Waals surface area contributed by atoms with Crippen LogP contribution in [-0.4, -0.2) is 99.5 Å². The van der Waals surface area contributed by atoms with Crippen LogP contribution in [0.25, 0.3) is 0 Å². The smallest absolute Gasteiger partial charge is 0.379 e. The van der Waals surface area contributed by atoms with Crippen molar-refractivity contribution in [1.82, 2.24) is 20.6 Å². The molecule has 2 heterocycles. The van der Waals surface area contributed by atoms with Crippen molar-refractivity contribution < 1.29 is 28.7 Å². The summed E-state index contributed by atoms with van der Waals surface area (Å²) in [6.07, 6.45) is -0.0553. The maximum absolute atomic E-state index is 13.0. The van der Waals surface area contributed by atoms with Crippen molar-refractivity contribution in [1.29, 1.82) is 0 Å². The fourth-order valence-electron chi connectivity index (χ4n) is 3.39. The fourth-order valence-corrected chi connectivity index (χ4v) is 3.39. The van der Waals surface area contributed by atoms with Crippen LogP contribution in [0.4, 0.5) is 4.79 Å². The summed E-state index contributed by atoms with van der Waals surface area (Å²) in [5.74, 6) is -0.569. The number of nitrogens with one attached hydrogen (secondary N) is 2. The van der Waals surface area contributed by atoms with Gasteiger partial charge in [0.15, 0.2) is 5.78 Å². The van der Waals surface area contributed by atoms with Gasteiger partial charge in [0.2, 0.25) is 5.91 Å². The zero-order chi connectivity index (χ0) is 22.3. The van der Waals surface area contributed by atoms with Gasteiger partial charge in [-0.05, 0) is 32.4 Å². The molecule has 2 saturated heterocycles. The second-order valence-corrected chi connectivity index (χ2v) is 9.28. The van der Waals surface area contributed by atoms with Crippen LogP contribution in [0.15, 0.2) is 0 Å². The van der Waals surface area contributed by atoms with Gasteiger partial charge in [0.05, 0.1) is 32.4 Å². The summed E-state index contributed by atoms with van der Waals surface area (Å²) in [5, 5.41) is 6.97. The Labute approximate surface area is 178 Å². The number of hydrogen-bond acceptors (Lipinski definition) is 8. The first-order chi connectivity index (χ1) is 14.0. The highest BCUT2D eigenvalue weighted by molar-refractivity contribution is 5.94. The average molecular weight is 429 g/mol. The van der Waals surface area contributed by atoms with Gasteiger partial charge in [-0.3, -0.25) is 9.59 Å². The van der Waals surface area contributed by atoms with Gasteiger partial charge in [-0.2, -0.15) is 0 Å². The maximum Gasteiger partial charge on any atom is 0.426 e. The Balaban J connectivity index is 1.99. The van der Waals surface area contributed by atoms with Crippen molar-refractivity contribution in [2.45, 2.75) is 51.8 Å². The summed E-state index contributed by atoms with van der Waals surface area (Å²) in [5.41, 5.74) is -0.227. The van der Waals surface area contributed by atoms with Gasteiger partial charge in [-0.25, -0.2) is 4.79 Å². The highest BCUT2D eigenvalue weighted by atomic mass is 16.7. The Hall–Kier alpha value is -1.75. The molecule has 2 N–H and O–H groups in total. The van der Waals surface area contributed by atoms with E-state index in [0.29, 0.717) is 39.1 Å². The zero-order valence-corrected chi connectivity index (χ0v) is 18.7. The Kier molecular flexibility index (Phi) is 9.02. The molecule has 30 heavy (non-hydrogen) atoms. The lowest BCUT2D eigenvalue weighted by Gasteiger charge is -2.29. The minimum atomic E-state index is -0.832. The van der Waals surface area contributed by atoms with E-state index < -0.39 is 24.1 Å². The van der Waals surface area contributed by atoms with Crippen LogP contribution < -0.4 is 10.6 Å². The van der Waals surface area contributed by atoms with Crippen LogP contribution in [0.5, 0.6) is 0 Å². The van der Waals surface area contributed by atoms with Crippen LogP contribution in [0, 0.1) is 5.41 Å². The van der Waals surface area contributed by atoms with Crippen molar-refractivity contribution >= 4 is 17.8 Å². The third kappa shape index (κ3) is 8.17. The Morgan fingerprint density at radius 2 is 1.93 bits per heavy atom. The van der Waals surface area contributed by atoms with Gasteiger partial charge in [0.1, 0.15) is 18.7 Å². The van der Waals surface area contributed by atoms with E-state index in [2.05, 4.69) is 10.6 Å². The van der Waals surface area contributed by atoms with E-state index >= 15 is 0 Å². The Morgan fingerprint density at radius 3 is 2.53 bits per heavy atom. The van der Waals surface area contributed by atoms with Gasteiger partial charge in [-0.1, -0.05) is 20.8 Å². The number of morpholine rings is 1. The molecule has 2 unspecified atom stereocenters. The van der Waals surface area contributed by atoms with E-state index in [-0.39, 0.29) is 23.9 Å². The number of carbonyl (C=O) groups is 3. The highest BCUT2D eigenvalue weighted by Crippen LogP contribution is 2.22. The topological polar surface area (TPSA) is 109 Å². The van der Waals surface area contributed by atoms with Gasteiger partial charge in [0.25, 0.3) is 0 Å². The molecule has 0 bridgehead atoms. The monoisotopic (exact) mass is 428 g/mol. The lowest BCUT2D eigenvalue weighted by Crippen LogP contribution is -2.55. The predicted octanol–water partition coefficient (Wildman–Crippen LogP) is 0.169. The lowest BCUT2D eigenvalue weighted by molar-refractivity contribution is -0.147. The summed E-state index contributed by atoms with van der Waals surface area (Å²) in [4.78, 5) is 44.9. The number of ketones is 1. The zero-order valence-electron chi connectivity index (χ0n) is 18.7. The molecule has 0 radical (unpaired) electrons. The second kappa shape index (κ2) is 11.0. The molecule has 2 aliphatic heterocycles. The number of hydroxylamine groups is 2. The van der Waals surface area contributed by atoms with Crippen LogP contribution >= 0.6 is 0 Å². The largest absolute Gasteiger partial charge is 0.426 e. The van der Waals surface area contributed by atoms with Crippen LogP contribution in [0.2, 0.25) is 0 Å². The first-order valence-electron chi connectivity index (χ1n) is 10.5. The van der Waals surface area contributed by atoms with E-state index in [4.69, 9.17) is 14.3 Å². The number of hydrogen-bond donors (Lipinski definition) is 2. The highest BCUT2D eigenvalue weighted by Gasteiger charge is 2.39. The molecule has 0 aliphatic carbocycles. The molecule has 10 nitrogen and oxygen atoms in total. The van der Waals surface area contributed by atoms with Crippen molar-refractivity contribution in [2.75, 3.05) is 53.6 Å². The molecule has 10 heteroatoms. The lowest BCUT2D eigenvalue weighted by atomic mass is 9.87. The standard InChI is InChI=1S/C20H36N4O6/c1-20(2,3)12-14(21-19(27)30-24-8-10-28-11-9-24)18(26)22-17-15(25)13-29-16(17)6-7-23(4)5/h14,16-17H,6-13H2,1-5H3,(H,21,27)(H,22,26)/t14-,16?,17?/m0/s1. The second-order valence-electron chi connectivity index (χ2n) is 9.28. The molecular weight excluding hydrogens is 392 g/mol. The molecule has 0 aromatic carbocycles. The fraction of sp³-hybridized carbons (Fsp3) is 0.850. The number of nitrogens with zero attached hydrogens (tertiary/aromatic N) is 2. The van der Waals surface area contributed by atoms with Crippen molar-refractivity contribution in [3.05, 3.63) is 0 Å². The average Bonchev–Trinajstić information content (AvgIpc) is 2.99. The number of Topliss-reactive ketones (excluding diaryl/α,β-unsaturated/α-hetero) is 1. The molecule has 2 rings (SSSR count). The summed E-state index contributed by atoms with van der Waals surface area (Å²) in [7, 11) is 3.88. The summed E-state index contributed by atoms with van der Waals surface area (Å²) < 4.78 is 10.8. The van der Waals surface area contributed by atoms with E-state index in [9.17, 15) is 14.4 Å². The molecule has 172 valence electrons. The SMILES string of the molecule is CN(C)CCC1OCC(=O)C1NC(=O)[C@H](CC(C)(C)C)NC(=O)ON1CCOCC1. The molecule has 2 aliphatic rings. The molecule has 2 amide bonds. The van der Waals surface area contributed by atoms with E-state index in [1.165, 1.54) is 5.06 Å². The number of carbonyl (C=O) groups excluding carboxylic acids is 3. The molecule has 0 saturated carbocycles. The van der Waals surface area contributed by atoms with Crippen molar-refractivity contribution in [3.8, 4) is 0 Å². The third-order valence-corrected chi connectivity index (χ3v) is 4.92. The summed E-state index contributed by atoms with van der Waals surface area (Å²) in [6, 6.07) is -1.54. The van der Waals surface area contributed by atoms with Crippen molar-refractivity contribution in [2.24, 2.45) is 5.41 Å². The number of amides is 2.